The average molecular weight is 355 g/mol. The van der Waals surface area contributed by atoms with Crippen LogP contribution < -0.4 is 10.2 Å². The molecule has 1 aliphatic heterocycles. The van der Waals surface area contributed by atoms with E-state index in [9.17, 15) is 9.18 Å². The van der Waals surface area contributed by atoms with E-state index in [-0.39, 0.29) is 11.7 Å². The number of rotatable bonds is 6. The molecule has 4 nitrogen and oxygen atoms in total. The molecule has 1 aliphatic rings. The topological polar surface area (TPSA) is 35.6 Å². The van der Waals surface area contributed by atoms with Gasteiger partial charge in [0, 0.05) is 45.7 Å². The van der Waals surface area contributed by atoms with Gasteiger partial charge < -0.3 is 10.2 Å². The van der Waals surface area contributed by atoms with Crippen molar-refractivity contribution in [1.82, 2.24) is 10.2 Å². The van der Waals surface area contributed by atoms with Crippen molar-refractivity contribution in [2.45, 2.75) is 19.9 Å². The van der Waals surface area contributed by atoms with E-state index in [2.05, 4.69) is 27.2 Å². The zero-order chi connectivity index (χ0) is 18.4. The van der Waals surface area contributed by atoms with Gasteiger partial charge >= 0.3 is 0 Å². The van der Waals surface area contributed by atoms with Gasteiger partial charge in [-0.25, -0.2) is 4.39 Å². The van der Waals surface area contributed by atoms with Crippen LogP contribution in [0.3, 0.4) is 0 Å². The first kappa shape index (κ1) is 18.4. The van der Waals surface area contributed by atoms with E-state index in [1.54, 1.807) is 6.07 Å². The molecule has 5 heteroatoms. The number of hydrogen-bond acceptors (Lipinski definition) is 3. The number of amides is 1. The molecule has 1 amide bonds. The molecule has 0 bridgehead atoms. The highest BCUT2D eigenvalue weighted by Gasteiger charge is 2.19. The Morgan fingerprint density at radius 2 is 1.73 bits per heavy atom. The van der Waals surface area contributed by atoms with Gasteiger partial charge in [-0.05, 0) is 24.6 Å². The standard InChI is InChI=1S/C21H26FN3O/c1-17-6-8-18(9-7-17)16-23-21(26)10-11-24-12-14-25(15-13-24)20-5-3-2-4-19(20)22/h2-9H,10-16H2,1H3,(H,23,26). The normalized spacial score (nSPS) is 15.1. The Balaban J connectivity index is 1.37. The quantitative estimate of drug-likeness (QED) is 0.865. The van der Waals surface area contributed by atoms with Gasteiger partial charge in [-0.15, -0.1) is 0 Å². The fraction of sp³-hybridized carbons (Fsp3) is 0.381. The molecule has 2 aromatic carbocycles. The lowest BCUT2D eigenvalue weighted by molar-refractivity contribution is -0.121. The summed E-state index contributed by atoms with van der Waals surface area (Å²) in [6.45, 7) is 6.62. The van der Waals surface area contributed by atoms with Crippen molar-refractivity contribution in [2.24, 2.45) is 0 Å². The predicted molar refractivity (Wildman–Crippen MR) is 103 cm³/mol. The average Bonchev–Trinajstić information content (AvgIpc) is 2.67. The second-order valence-electron chi connectivity index (χ2n) is 6.79. The molecule has 138 valence electrons. The van der Waals surface area contributed by atoms with Gasteiger partial charge in [0.05, 0.1) is 5.69 Å². The van der Waals surface area contributed by atoms with Crippen LogP contribution in [0, 0.1) is 12.7 Å². The van der Waals surface area contributed by atoms with Gasteiger partial charge in [0.25, 0.3) is 0 Å². The van der Waals surface area contributed by atoms with Crippen molar-refractivity contribution in [1.29, 1.82) is 0 Å². The summed E-state index contributed by atoms with van der Waals surface area (Å²) in [5.74, 6) is -0.0986. The molecule has 1 fully saturated rings. The summed E-state index contributed by atoms with van der Waals surface area (Å²) in [6.07, 6.45) is 0.492. The first-order valence-electron chi connectivity index (χ1n) is 9.16. The number of anilines is 1. The van der Waals surface area contributed by atoms with Gasteiger partial charge in [0.15, 0.2) is 0 Å². The molecule has 0 spiro atoms. The number of carbonyl (C=O) groups excluding carboxylic acids is 1. The van der Waals surface area contributed by atoms with Crippen LogP contribution in [0.15, 0.2) is 48.5 Å². The number of hydrogen-bond donors (Lipinski definition) is 1. The molecule has 0 aliphatic carbocycles. The fourth-order valence-electron chi connectivity index (χ4n) is 3.18. The minimum atomic E-state index is -0.170. The van der Waals surface area contributed by atoms with Gasteiger partial charge in [-0.2, -0.15) is 0 Å². The SMILES string of the molecule is Cc1ccc(CNC(=O)CCN2CCN(c3ccccc3F)CC2)cc1. The van der Waals surface area contributed by atoms with E-state index < -0.39 is 0 Å². The number of para-hydroxylation sites is 1. The number of carbonyl (C=O) groups is 1. The Kier molecular flexibility index (Phi) is 6.23. The van der Waals surface area contributed by atoms with E-state index in [4.69, 9.17) is 0 Å². The minimum absolute atomic E-state index is 0.0714. The van der Waals surface area contributed by atoms with Gasteiger partial charge in [-0.1, -0.05) is 42.0 Å². The zero-order valence-electron chi connectivity index (χ0n) is 15.2. The maximum atomic E-state index is 13.9. The maximum Gasteiger partial charge on any atom is 0.221 e. The van der Waals surface area contributed by atoms with Crippen LogP contribution in [0.5, 0.6) is 0 Å². The molecule has 26 heavy (non-hydrogen) atoms. The van der Waals surface area contributed by atoms with Gasteiger partial charge in [0.1, 0.15) is 5.82 Å². The Morgan fingerprint density at radius 1 is 1.04 bits per heavy atom. The molecule has 0 atom stereocenters. The van der Waals surface area contributed by atoms with E-state index in [0.29, 0.717) is 18.7 Å². The van der Waals surface area contributed by atoms with Gasteiger partial charge in [0.2, 0.25) is 5.91 Å². The monoisotopic (exact) mass is 355 g/mol. The highest BCUT2D eigenvalue weighted by atomic mass is 19.1. The van der Waals surface area contributed by atoms with Crippen LogP contribution in [0.25, 0.3) is 0 Å². The number of nitrogens with zero attached hydrogens (tertiary/aromatic N) is 2. The molecule has 1 heterocycles. The Hall–Kier alpha value is -2.40. The van der Waals surface area contributed by atoms with Crippen molar-refractivity contribution in [3.8, 4) is 0 Å². The summed E-state index contributed by atoms with van der Waals surface area (Å²) in [4.78, 5) is 16.4. The minimum Gasteiger partial charge on any atom is -0.367 e. The highest BCUT2D eigenvalue weighted by Crippen LogP contribution is 2.20. The molecule has 0 radical (unpaired) electrons. The van der Waals surface area contributed by atoms with Crippen LogP contribution in [-0.4, -0.2) is 43.5 Å². The van der Waals surface area contributed by atoms with E-state index in [1.807, 2.05) is 31.2 Å². The molecule has 3 rings (SSSR count). The Bertz CT molecular complexity index is 724. The Morgan fingerprint density at radius 3 is 2.42 bits per heavy atom. The fourth-order valence-corrected chi connectivity index (χ4v) is 3.18. The van der Waals surface area contributed by atoms with Crippen LogP contribution in [-0.2, 0) is 11.3 Å². The van der Waals surface area contributed by atoms with Crippen molar-refractivity contribution >= 4 is 11.6 Å². The second kappa shape index (κ2) is 8.81. The largest absolute Gasteiger partial charge is 0.367 e. The van der Waals surface area contributed by atoms with Crippen molar-refractivity contribution < 1.29 is 9.18 Å². The van der Waals surface area contributed by atoms with E-state index in [0.717, 1.165) is 38.3 Å². The first-order valence-corrected chi connectivity index (χ1v) is 9.16. The smallest absolute Gasteiger partial charge is 0.221 e. The zero-order valence-corrected chi connectivity index (χ0v) is 15.2. The lowest BCUT2D eigenvalue weighted by Crippen LogP contribution is -2.47. The van der Waals surface area contributed by atoms with Crippen molar-refractivity contribution in [3.63, 3.8) is 0 Å². The van der Waals surface area contributed by atoms with Crippen molar-refractivity contribution in [2.75, 3.05) is 37.6 Å². The molecule has 2 aromatic rings. The number of aryl methyl sites for hydroxylation is 1. The van der Waals surface area contributed by atoms with Crippen LogP contribution >= 0.6 is 0 Å². The van der Waals surface area contributed by atoms with Gasteiger partial charge in [-0.3, -0.25) is 9.69 Å². The predicted octanol–water partition coefficient (Wildman–Crippen LogP) is 2.96. The summed E-state index contributed by atoms with van der Waals surface area (Å²) in [5.41, 5.74) is 3.00. The molecule has 0 aromatic heterocycles. The lowest BCUT2D eigenvalue weighted by Gasteiger charge is -2.36. The molecular formula is C21H26FN3O. The summed E-state index contributed by atoms with van der Waals surface area (Å²) >= 11 is 0. The summed E-state index contributed by atoms with van der Waals surface area (Å²) in [7, 11) is 0. The number of benzene rings is 2. The lowest BCUT2D eigenvalue weighted by atomic mass is 10.1. The highest BCUT2D eigenvalue weighted by molar-refractivity contribution is 5.76. The summed E-state index contributed by atoms with van der Waals surface area (Å²) in [5, 5.41) is 2.97. The first-order chi connectivity index (χ1) is 12.6. The third-order valence-electron chi connectivity index (χ3n) is 4.83. The maximum absolute atomic E-state index is 13.9. The molecule has 0 unspecified atom stereocenters. The molecule has 0 saturated carbocycles. The van der Waals surface area contributed by atoms with E-state index >= 15 is 0 Å². The summed E-state index contributed by atoms with van der Waals surface area (Å²) in [6, 6.07) is 15.1. The van der Waals surface area contributed by atoms with Crippen LogP contribution in [0.1, 0.15) is 17.5 Å². The molecule has 1 saturated heterocycles. The number of halogens is 1. The molecule has 1 N–H and O–H groups in total. The second-order valence-corrected chi connectivity index (χ2v) is 6.79. The molecular weight excluding hydrogens is 329 g/mol. The number of nitrogens with one attached hydrogen (secondary N) is 1. The Labute approximate surface area is 154 Å². The van der Waals surface area contributed by atoms with E-state index in [1.165, 1.54) is 11.6 Å². The van der Waals surface area contributed by atoms with Crippen LogP contribution in [0.4, 0.5) is 10.1 Å². The summed E-state index contributed by atoms with van der Waals surface area (Å²) < 4.78 is 13.9. The number of piperazine rings is 1. The third kappa shape index (κ3) is 5.05. The van der Waals surface area contributed by atoms with Crippen molar-refractivity contribution in [3.05, 3.63) is 65.5 Å². The third-order valence-corrected chi connectivity index (χ3v) is 4.83. The van der Waals surface area contributed by atoms with Crippen LogP contribution in [0.2, 0.25) is 0 Å².